The van der Waals surface area contributed by atoms with Gasteiger partial charge in [-0.3, -0.25) is 9.59 Å². The summed E-state index contributed by atoms with van der Waals surface area (Å²) in [6.07, 6.45) is 2.09. The Labute approximate surface area is 179 Å². The van der Waals surface area contributed by atoms with Gasteiger partial charge in [-0.25, -0.2) is 4.99 Å². The van der Waals surface area contributed by atoms with E-state index >= 15 is 0 Å². The monoisotopic (exact) mass is 417 g/mol. The summed E-state index contributed by atoms with van der Waals surface area (Å²) in [7, 11) is 5.05. The summed E-state index contributed by atoms with van der Waals surface area (Å²) in [5.74, 6) is 0.698. The second-order valence-electron chi connectivity index (χ2n) is 7.77. The molecule has 2 rings (SSSR count). The molecule has 166 valence electrons. The lowest BCUT2D eigenvalue weighted by molar-refractivity contribution is -0.133. The van der Waals surface area contributed by atoms with Crippen LogP contribution in [0.4, 0.5) is 0 Å². The standard InChI is InChI=1S/C22H35N5O3/c1-17(18-8-6-5-7-9-18)24-22(23-16-21(29)26(2)3)25-19-10-13-27(14-11-19)20(28)12-15-30-4/h5-9,17,19H,10-16H2,1-4H3,(H2,23,24,25). The minimum absolute atomic E-state index is 0.0441. The van der Waals surface area contributed by atoms with Crippen molar-refractivity contribution in [3.05, 3.63) is 35.9 Å². The number of nitrogens with zero attached hydrogens (tertiary/aromatic N) is 3. The lowest BCUT2D eigenvalue weighted by Gasteiger charge is -2.33. The first-order valence-electron chi connectivity index (χ1n) is 10.5. The number of ether oxygens (including phenoxy) is 1. The molecular formula is C22H35N5O3. The molecule has 8 heteroatoms. The number of likely N-dealkylation sites (N-methyl/N-ethyl adjacent to an activating group) is 1. The van der Waals surface area contributed by atoms with E-state index in [4.69, 9.17) is 4.74 Å². The van der Waals surface area contributed by atoms with E-state index in [0.29, 0.717) is 32.1 Å². The molecule has 2 amide bonds. The zero-order chi connectivity index (χ0) is 21.9. The summed E-state index contributed by atoms with van der Waals surface area (Å²) in [6.45, 7) is 4.02. The molecule has 1 heterocycles. The summed E-state index contributed by atoms with van der Waals surface area (Å²) in [4.78, 5) is 32.1. The van der Waals surface area contributed by atoms with E-state index in [1.165, 1.54) is 4.90 Å². The van der Waals surface area contributed by atoms with E-state index < -0.39 is 0 Å². The smallest absolute Gasteiger partial charge is 0.243 e. The molecule has 1 fully saturated rings. The molecule has 30 heavy (non-hydrogen) atoms. The Morgan fingerprint density at radius 1 is 1.23 bits per heavy atom. The first-order chi connectivity index (χ1) is 14.4. The van der Waals surface area contributed by atoms with Gasteiger partial charge >= 0.3 is 0 Å². The number of methoxy groups -OCH3 is 1. The minimum Gasteiger partial charge on any atom is -0.384 e. The lowest BCUT2D eigenvalue weighted by Crippen LogP contribution is -2.50. The summed E-state index contributed by atoms with van der Waals surface area (Å²) in [5, 5.41) is 6.87. The summed E-state index contributed by atoms with van der Waals surface area (Å²) < 4.78 is 5.00. The van der Waals surface area contributed by atoms with Gasteiger partial charge in [0.15, 0.2) is 5.96 Å². The number of likely N-dealkylation sites (tertiary alicyclic amines) is 1. The van der Waals surface area contributed by atoms with Crippen LogP contribution in [-0.2, 0) is 14.3 Å². The average molecular weight is 418 g/mol. The molecule has 1 unspecified atom stereocenters. The van der Waals surface area contributed by atoms with Crippen molar-refractivity contribution in [2.24, 2.45) is 4.99 Å². The third-order valence-corrected chi connectivity index (χ3v) is 5.23. The predicted molar refractivity (Wildman–Crippen MR) is 118 cm³/mol. The first kappa shape index (κ1) is 23.7. The van der Waals surface area contributed by atoms with E-state index in [1.54, 1.807) is 21.2 Å². The van der Waals surface area contributed by atoms with Crippen LogP contribution in [0.2, 0.25) is 0 Å². The van der Waals surface area contributed by atoms with Gasteiger partial charge in [0.25, 0.3) is 0 Å². The van der Waals surface area contributed by atoms with E-state index in [2.05, 4.69) is 34.7 Å². The number of guanidine groups is 1. The molecular weight excluding hydrogens is 382 g/mol. The van der Waals surface area contributed by atoms with Crippen LogP contribution in [0.1, 0.15) is 37.8 Å². The Bertz CT molecular complexity index is 700. The third kappa shape index (κ3) is 7.67. The predicted octanol–water partition coefficient (Wildman–Crippen LogP) is 1.40. The van der Waals surface area contributed by atoms with Crippen LogP contribution in [-0.4, -0.2) is 81.1 Å². The van der Waals surface area contributed by atoms with Crippen molar-refractivity contribution in [2.75, 3.05) is 47.4 Å². The summed E-state index contributed by atoms with van der Waals surface area (Å²) in [6, 6.07) is 10.4. The molecule has 0 spiro atoms. The normalized spacial score (nSPS) is 16.1. The molecule has 0 saturated carbocycles. The van der Waals surface area contributed by atoms with Crippen LogP contribution in [0, 0.1) is 0 Å². The van der Waals surface area contributed by atoms with Crippen molar-refractivity contribution < 1.29 is 14.3 Å². The van der Waals surface area contributed by atoms with Crippen LogP contribution in [0.3, 0.4) is 0 Å². The van der Waals surface area contributed by atoms with Crippen molar-refractivity contribution in [2.45, 2.75) is 38.3 Å². The minimum atomic E-state index is -0.0537. The maximum Gasteiger partial charge on any atom is 0.243 e. The molecule has 1 aliphatic heterocycles. The number of benzene rings is 1. The highest BCUT2D eigenvalue weighted by Crippen LogP contribution is 2.13. The van der Waals surface area contributed by atoms with Gasteiger partial charge in [0.1, 0.15) is 6.54 Å². The third-order valence-electron chi connectivity index (χ3n) is 5.23. The lowest BCUT2D eigenvalue weighted by atomic mass is 10.0. The topological polar surface area (TPSA) is 86.3 Å². The van der Waals surface area contributed by atoms with E-state index in [-0.39, 0.29) is 30.4 Å². The van der Waals surface area contributed by atoms with Crippen molar-refractivity contribution >= 4 is 17.8 Å². The quantitative estimate of drug-likeness (QED) is 0.493. The second-order valence-corrected chi connectivity index (χ2v) is 7.77. The Kier molecular flexibility index (Phi) is 9.60. The number of hydrogen-bond acceptors (Lipinski definition) is 4. The number of piperidine rings is 1. The van der Waals surface area contributed by atoms with Crippen LogP contribution in [0.5, 0.6) is 0 Å². The maximum absolute atomic E-state index is 12.2. The number of rotatable bonds is 8. The molecule has 0 aliphatic carbocycles. The number of nitrogens with one attached hydrogen (secondary N) is 2. The molecule has 1 aliphatic rings. The van der Waals surface area contributed by atoms with Crippen LogP contribution in [0.15, 0.2) is 35.3 Å². The van der Waals surface area contributed by atoms with Crippen molar-refractivity contribution in [3.8, 4) is 0 Å². The van der Waals surface area contributed by atoms with Crippen LogP contribution >= 0.6 is 0 Å². The van der Waals surface area contributed by atoms with Gasteiger partial charge in [-0.15, -0.1) is 0 Å². The molecule has 1 aromatic rings. The zero-order valence-electron chi connectivity index (χ0n) is 18.6. The molecule has 2 N–H and O–H groups in total. The van der Waals surface area contributed by atoms with E-state index in [1.807, 2.05) is 23.1 Å². The van der Waals surface area contributed by atoms with Gasteiger partial charge in [-0.05, 0) is 25.3 Å². The summed E-state index contributed by atoms with van der Waals surface area (Å²) >= 11 is 0. The Balaban J connectivity index is 1.97. The van der Waals surface area contributed by atoms with E-state index in [9.17, 15) is 9.59 Å². The zero-order valence-corrected chi connectivity index (χ0v) is 18.6. The molecule has 8 nitrogen and oxygen atoms in total. The van der Waals surface area contributed by atoms with Crippen LogP contribution < -0.4 is 10.6 Å². The number of carbonyl (C=O) groups excluding carboxylic acids is 2. The van der Waals surface area contributed by atoms with Gasteiger partial charge < -0.3 is 25.2 Å². The maximum atomic E-state index is 12.2. The van der Waals surface area contributed by atoms with Crippen molar-refractivity contribution in [1.82, 2.24) is 20.4 Å². The summed E-state index contributed by atoms with van der Waals surface area (Å²) in [5.41, 5.74) is 1.14. The fourth-order valence-electron chi connectivity index (χ4n) is 3.27. The number of carbonyl (C=O) groups is 2. The highest BCUT2D eigenvalue weighted by Gasteiger charge is 2.23. The van der Waals surface area contributed by atoms with Crippen molar-refractivity contribution in [3.63, 3.8) is 0 Å². The molecule has 1 aromatic carbocycles. The molecule has 0 bridgehead atoms. The van der Waals surface area contributed by atoms with Gasteiger partial charge in [0.2, 0.25) is 11.8 Å². The van der Waals surface area contributed by atoms with Gasteiger partial charge in [0.05, 0.1) is 19.1 Å². The molecule has 0 radical (unpaired) electrons. The Morgan fingerprint density at radius 3 is 2.50 bits per heavy atom. The van der Waals surface area contributed by atoms with Gasteiger partial charge in [0, 0.05) is 40.3 Å². The van der Waals surface area contributed by atoms with Gasteiger partial charge in [-0.2, -0.15) is 0 Å². The Morgan fingerprint density at radius 2 is 1.90 bits per heavy atom. The molecule has 0 aromatic heterocycles. The number of hydrogen-bond donors (Lipinski definition) is 2. The van der Waals surface area contributed by atoms with E-state index in [0.717, 1.165) is 18.4 Å². The number of aliphatic imine (C=N–C) groups is 1. The first-order valence-corrected chi connectivity index (χ1v) is 10.5. The average Bonchev–Trinajstić information content (AvgIpc) is 2.76. The van der Waals surface area contributed by atoms with Crippen LogP contribution in [0.25, 0.3) is 0 Å². The van der Waals surface area contributed by atoms with Gasteiger partial charge in [-0.1, -0.05) is 30.3 Å². The van der Waals surface area contributed by atoms with Crippen molar-refractivity contribution in [1.29, 1.82) is 0 Å². The second kappa shape index (κ2) is 12.2. The largest absolute Gasteiger partial charge is 0.384 e. The molecule has 1 atom stereocenters. The SMILES string of the molecule is COCCC(=O)N1CCC(NC(=NCC(=O)N(C)C)NC(C)c2ccccc2)CC1. The Hall–Kier alpha value is -2.61. The fourth-order valence-corrected chi connectivity index (χ4v) is 3.27. The highest BCUT2D eigenvalue weighted by atomic mass is 16.5. The fraction of sp³-hybridized carbons (Fsp3) is 0.591. The highest BCUT2D eigenvalue weighted by molar-refractivity contribution is 5.85. The molecule has 1 saturated heterocycles. The number of amides is 2.